The van der Waals surface area contributed by atoms with E-state index in [-0.39, 0.29) is 11.8 Å². The number of carbonyl (C=O) groups is 2. The van der Waals surface area contributed by atoms with Crippen LogP contribution in [0.2, 0.25) is 0 Å². The van der Waals surface area contributed by atoms with Crippen LogP contribution in [0.15, 0.2) is 39.6 Å². The van der Waals surface area contributed by atoms with Crippen molar-refractivity contribution in [3.05, 3.63) is 46.5 Å². The molecule has 2 aromatic rings. The van der Waals surface area contributed by atoms with Crippen molar-refractivity contribution in [2.75, 3.05) is 6.54 Å². The van der Waals surface area contributed by atoms with Crippen molar-refractivity contribution in [2.45, 2.75) is 31.8 Å². The van der Waals surface area contributed by atoms with Crippen molar-refractivity contribution in [3.63, 3.8) is 0 Å². The molecule has 5 nitrogen and oxygen atoms in total. The lowest BCUT2D eigenvalue weighted by Crippen LogP contribution is -2.35. The van der Waals surface area contributed by atoms with Crippen molar-refractivity contribution in [1.29, 1.82) is 0 Å². The van der Waals surface area contributed by atoms with Crippen molar-refractivity contribution in [3.8, 4) is 0 Å². The number of amides is 2. The van der Waals surface area contributed by atoms with E-state index in [0.717, 1.165) is 18.6 Å². The van der Waals surface area contributed by atoms with Crippen LogP contribution in [0, 0.1) is 0 Å². The van der Waals surface area contributed by atoms with Crippen LogP contribution in [-0.2, 0) is 11.3 Å². The number of carbonyl (C=O) groups excluding carboxylic acids is 2. The van der Waals surface area contributed by atoms with Gasteiger partial charge in [0.1, 0.15) is 5.76 Å². The number of nitrogens with zero attached hydrogens (tertiary/aromatic N) is 1. The van der Waals surface area contributed by atoms with E-state index in [1.165, 1.54) is 11.3 Å². The second-order valence-corrected chi connectivity index (χ2v) is 6.13. The largest absolute Gasteiger partial charge is 0.467 e. The van der Waals surface area contributed by atoms with Crippen molar-refractivity contribution in [1.82, 2.24) is 10.2 Å². The van der Waals surface area contributed by atoms with Gasteiger partial charge in [0.2, 0.25) is 5.91 Å². The first-order chi connectivity index (χ1) is 10.7. The van der Waals surface area contributed by atoms with E-state index in [0.29, 0.717) is 31.1 Å². The SMILES string of the molecule is O=C(NCCC(=O)N(Cc1ccco1)C1CC1)c1ccsc1. The molecule has 1 saturated carbocycles. The van der Waals surface area contributed by atoms with Gasteiger partial charge in [-0.25, -0.2) is 0 Å². The maximum Gasteiger partial charge on any atom is 0.252 e. The molecule has 0 spiro atoms. The molecule has 0 atom stereocenters. The number of hydrogen-bond donors (Lipinski definition) is 1. The van der Waals surface area contributed by atoms with Crippen LogP contribution < -0.4 is 5.32 Å². The molecule has 0 unspecified atom stereocenters. The van der Waals surface area contributed by atoms with E-state index in [1.807, 2.05) is 22.4 Å². The Morgan fingerprint density at radius 3 is 2.86 bits per heavy atom. The van der Waals surface area contributed by atoms with E-state index in [2.05, 4.69) is 5.32 Å². The minimum absolute atomic E-state index is 0.0597. The second-order valence-electron chi connectivity index (χ2n) is 5.35. The molecule has 116 valence electrons. The molecule has 2 aromatic heterocycles. The number of hydrogen-bond acceptors (Lipinski definition) is 4. The van der Waals surface area contributed by atoms with Crippen LogP contribution in [0.4, 0.5) is 0 Å². The third kappa shape index (κ3) is 3.76. The summed E-state index contributed by atoms with van der Waals surface area (Å²) in [6, 6.07) is 5.80. The Morgan fingerprint density at radius 2 is 2.23 bits per heavy atom. The fourth-order valence-electron chi connectivity index (χ4n) is 2.30. The standard InChI is InChI=1S/C16H18N2O3S/c19-15(5-7-17-16(20)12-6-9-22-11-12)18(13-3-4-13)10-14-2-1-8-21-14/h1-2,6,8-9,11,13H,3-5,7,10H2,(H,17,20). The molecule has 6 heteroatoms. The minimum atomic E-state index is -0.127. The zero-order valence-electron chi connectivity index (χ0n) is 12.2. The maximum atomic E-state index is 12.4. The molecule has 2 heterocycles. The highest BCUT2D eigenvalue weighted by molar-refractivity contribution is 7.08. The number of furan rings is 1. The fraction of sp³-hybridized carbons (Fsp3) is 0.375. The molecule has 0 saturated heterocycles. The van der Waals surface area contributed by atoms with Crippen LogP contribution in [0.1, 0.15) is 35.4 Å². The van der Waals surface area contributed by atoms with Gasteiger partial charge >= 0.3 is 0 Å². The summed E-state index contributed by atoms with van der Waals surface area (Å²) >= 11 is 1.48. The fourth-order valence-corrected chi connectivity index (χ4v) is 2.94. The zero-order valence-corrected chi connectivity index (χ0v) is 13.0. The van der Waals surface area contributed by atoms with Crippen LogP contribution >= 0.6 is 11.3 Å². The van der Waals surface area contributed by atoms with Gasteiger partial charge in [-0.2, -0.15) is 11.3 Å². The first-order valence-electron chi connectivity index (χ1n) is 7.36. The van der Waals surface area contributed by atoms with Gasteiger partial charge in [0.15, 0.2) is 0 Å². The molecular formula is C16H18N2O3S. The zero-order chi connectivity index (χ0) is 15.4. The maximum absolute atomic E-state index is 12.4. The molecular weight excluding hydrogens is 300 g/mol. The van der Waals surface area contributed by atoms with Gasteiger partial charge in [0.05, 0.1) is 12.8 Å². The molecule has 3 rings (SSSR count). The summed E-state index contributed by atoms with van der Waals surface area (Å²) in [7, 11) is 0. The molecule has 2 amide bonds. The van der Waals surface area contributed by atoms with E-state index < -0.39 is 0 Å². The summed E-state index contributed by atoms with van der Waals surface area (Å²) < 4.78 is 5.32. The molecule has 22 heavy (non-hydrogen) atoms. The van der Waals surface area contributed by atoms with Crippen molar-refractivity contribution < 1.29 is 14.0 Å². The van der Waals surface area contributed by atoms with Crippen LogP contribution in [-0.4, -0.2) is 29.3 Å². The smallest absolute Gasteiger partial charge is 0.252 e. The van der Waals surface area contributed by atoms with E-state index in [1.54, 1.807) is 17.7 Å². The summed E-state index contributed by atoms with van der Waals surface area (Å²) in [5.41, 5.74) is 0.645. The Labute approximate surface area is 132 Å². The number of rotatable bonds is 7. The summed E-state index contributed by atoms with van der Waals surface area (Å²) in [5, 5.41) is 6.44. The third-order valence-corrected chi connectivity index (χ3v) is 4.31. The van der Waals surface area contributed by atoms with Gasteiger partial charge in [-0.1, -0.05) is 0 Å². The minimum Gasteiger partial charge on any atom is -0.467 e. The number of nitrogens with one attached hydrogen (secondary N) is 1. The Morgan fingerprint density at radius 1 is 1.36 bits per heavy atom. The lowest BCUT2D eigenvalue weighted by Gasteiger charge is -2.21. The monoisotopic (exact) mass is 318 g/mol. The van der Waals surface area contributed by atoms with Crippen molar-refractivity contribution >= 4 is 23.2 Å². The van der Waals surface area contributed by atoms with E-state index in [9.17, 15) is 9.59 Å². The van der Waals surface area contributed by atoms with Crippen LogP contribution in [0.3, 0.4) is 0 Å². The van der Waals surface area contributed by atoms with Gasteiger partial charge in [-0.05, 0) is 36.4 Å². The molecule has 0 aliphatic heterocycles. The summed E-state index contributed by atoms with van der Waals surface area (Å²) in [5.74, 6) is 0.727. The quantitative estimate of drug-likeness (QED) is 0.853. The van der Waals surface area contributed by atoms with Gasteiger partial charge in [-0.15, -0.1) is 0 Å². The highest BCUT2D eigenvalue weighted by Gasteiger charge is 2.32. The van der Waals surface area contributed by atoms with Crippen LogP contribution in [0.25, 0.3) is 0 Å². The molecule has 1 N–H and O–H groups in total. The highest BCUT2D eigenvalue weighted by Crippen LogP contribution is 2.29. The Hall–Kier alpha value is -2.08. The average Bonchev–Trinajstić information content (AvgIpc) is 3.02. The highest BCUT2D eigenvalue weighted by atomic mass is 32.1. The molecule has 0 bridgehead atoms. The van der Waals surface area contributed by atoms with Gasteiger partial charge < -0.3 is 14.6 Å². The second kappa shape index (κ2) is 6.79. The predicted octanol–water partition coefficient (Wildman–Crippen LogP) is 2.65. The number of thiophene rings is 1. The first kappa shape index (κ1) is 14.8. The van der Waals surface area contributed by atoms with Crippen LogP contribution in [0.5, 0.6) is 0 Å². The topological polar surface area (TPSA) is 62.6 Å². The van der Waals surface area contributed by atoms with Gasteiger partial charge in [-0.3, -0.25) is 9.59 Å². The Balaban J connectivity index is 1.48. The third-order valence-electron chi connectivity index (χ3n) is 3.62. The Bertz CT molecular complexity index is 618. The first-order valence-corrected chi connectivity index (χ1v) is 8.30. The Kier molecular flexibility index (Phi) is 4.58. The normalized spacial score (nSPS) is 13.8. The predicted molar refractivity (Wildman–Crippen MR) is 83.5 cm³/mol. The molecule has 0 aromatic carbocycles. The van der Waals surface area contributed by atoms with Gasteiger partial charge in [0.25, 0.3) is 5.91 Å². The van der Waals surface area contributed by atoms with Crippen molar-refractivity contribution in [2.24, 2.45) is 0 Å². The molecule has 1 fully saturated rings. The summed E-state index contributed by atoms with van der Waals surface area (Å²) in [4.78, 5) is 26.0. The lowest BCUT2D eigenvalue weighted by atomic mass is 10.3. The lowest BCUT2D eigenvalue weighted by molar-refractivity contribution is -0.132. The van der Waals surface area contributed by atoms with E-state index in [4.69, 9.17) is 4.42 Å². The summed E-state index contributed by atoms with van der Waals surface area (Å²) in [6.07, 6.45) is 4.03. The van der Waals surface area contributed by atoms with E-state index >= 15 is 0 Å². The molecule has 1 aliphatic rings. The molecule has 1 aliphatic carbocycles. The van der Waals surface area contributed by atoms with Gasteiger partial charge in [0, 0.05) is 30.0 Å². The molecule has 0 radical (unpaired) electrons. The summed E-state index contributed by atoms with van der Waals surface area (Å²) in [6.45, 7) is 0.865. The average molecular weight is 318 g/mol.